The molecular weight excluding hydrogens is 264 g/mol. The highest BCUT2D eigenvalue weighted by Crippen LogP contribution is 2.06. The zero-order valence-corrected chi connectivity index (χ0v) is 11.6. The van der Waals surface area contributed by atoms with Crippen molar-refractivity contribution in [2.45, 2.75) is 13.8 Å². The summed E-state index contributed by atoms with van der Waals surface area (Å²) in [7, 11) is 1.41. The number of carbonyl (C=O) groups excluding carboxylic acids is 2. The highest BCUT2D eigenvalue weighted by atomic mass is 16.4. The molecule has 8 nitrogen and oxygen atoms in total. The van der Waals surface area contributed by atoms with Gasteiger partial charge in [-0.05, 0) is 5.92 Å². The van der Waals surface area contributed by atoms with Gasteiger partial charge in [0.1, 0.15) is 0 Å². The lowest BCUT2D eigenvalue weighted by Crippen LogP contribution is -2.40. The number of likely N-dealkylation sites (N-methyl/N-ethyl adjacent to an activating group) is 1. The standard InChI is InChI=1S/C12H18N4O4/c1-7(2)4-13-8(17)5-16(3)11(18)9-10(12(19)20)15-6-14-9/h6-7H,4-5H2,1-3H3,(H,13,17)(H,14,15)(H,19,20). The molecule has 1 rings (SSSR count). The number of carboxylic acids is 1. The number of aromatic nitrogens is 2. The van der Waals surface area contributed by atoms with Crippen LogP contribution in [0.3, 0.4) is 0 Å². The molecule has 3 N–H and O–H groups in total. The number of hydrogen-bond donors (Lipinski definition) is 3. The van der Waals surface area contributed by atoms with Crippen molar-refractivity contribution in [1.82, 2.24) is 20.2 Å². The van der Waals surface area contributed by atoms with Gasteiger partial charge in [-0.15, -0.1) is 0 Å². The molecule has 0 aromatic carbocycles. The highest BCUT2D eigenvalue weighted by Gasteiger charge is 2.23. The molecule has 0 bridgehead atoms. The highest BCUT2D eigenvalue weighted by molar-refractivity contribution is 6.03. The summed E-state index contributed by atoms with van der Waals surface area (Å²) < 4.78 is 0. The normalized spacial score (nSPS) is 10.4. The van der Waals surface area contributed by atoms with E-state index < -0.39 is 11.9 Å². The van der Waals surface area contributed by atoms with Crippen LogP contribution in [-0.4, -0.2) is 57.9 Å². The third kappa shape index (κ3) is 4.08. The molecule has 20 heavy (non-hydrogen) atoms. The van der Waals surface area contributed by atoms with Gasteiger partial charge in [0.25, 0.3) is 5.91 Å². The molecule has 0 unspecified atom stereocenters. The van der Waals surface area contributed by atoms with Crippen LogP contribution in [0.4, 0.5) is 0 Å². The number of aromatic carboxylic acids is 1. The van der Waals surface area contributed by atoms with Gasteiger partial charge in [-0.25, -0.2) is 9.78 Å². The zero-order valence-electron chi connectivity index (χ0n) is 11.6. The average Bonchev–Trinajstić information content (AvgIpc) is 2.84. The number of aromatic amines is 1. The van der Waals surface area contributed by atoms with Gasteiger partial charge in [0.2, 0.25) is 5.91 Å². The summed E-state index contributed by atoms with van der Waals surface area (Å²) in [4.78, 5) is 41.7. The predicted octanol–water partition coefficient (Wildman–Crippen LogP) is -0.0479. The summed E-state index contributed by atoms with van der Waals surface area (Å²) in [5, 5.41) is 11.6. The van der Waals surface area contributed by atoms with Gasteiger partial charge >= 0.3 is 5.97 Å². The van der Waals surface area contributed by atoms with Gasteiger partial charge in [0.15, 0.2) is 11.4 Å². The minimum absolute atomic E-state index is 0.155. The Hall–Kier alpha value is -2.38. The van der Waals surface area contributed by atoms with Crippen molar-refractivity contribution in [2.75, 3.05) is 20.1 Å². The van der Waals surface area contributed by atoms with Gasteiger partial charge in [-0.3, -0.25) is 9.59 Å². The summed E-state index contributed by atoms with van der Waals surface area (Å²) in [5.41, 5.74) is -0.499. The first kappa shape index (κ1) is 15.7. The van der Waals surface area contributed by atoms with E-state index in [2.05, 4.69) is 15.3 Å². The third-order valence-corrected chi connectivity index (χ3v) is 2.49. The number of carboxylic acid groups (broad SMARTS) is 1. The molecule has 1 heterocycles. The fourth-order valence-corrected chi connectivity index (χ4v) is 1.46. The molecule has 1 aromatic heterocycles. The van der Waals surface area contributed by atoms with Crippen LogP contribution in [0.1, 0.15) is 34.8 Å². The Labute approximate surface area is 116 Å². The molecule has 0 aliphatic heterocycles. The maximum atomic E-state index is 12.0. The molecular formula is C12H18N4O4. The van der Waals surface area contributed by atoms with Crippen molar-refractivity contribution < 1.29 is 19.5 Å². The monoisotopic (exact) mass is 282 g/mol. The molecule has 0 atom stereocenters. The first-order valence-electron chi connectivity index (χ1n) is 6.11. The zero-order chi connectivity index (χ0) is 15.3. The second-order valence-electron chi connectivity index (χ2n) is 4.79. The number of hydrogen-bond acceptors (Lipinski definition) is 4. The molecule has 1 aromatic rings. The van der Waals surface area contributed by atoms with Crippen molar-refractivity contribution in [3.63, 3.8) is 0 Å². The van der Waals surface area contributed by atoms with Crippen LogP contribution in [-0.2, 0) is 4.79 Å². The molecule has 110 valence electrons. The maximum absolute atomic E-state index is 12.0. The SMILES string of the molecule is CC(C)CNC(=O)CN(C)C(=O)c1nc[nH]c1C(=O)O. The van der Waals surface area contributed by atoms with E-state index >= 15 is 0 Å². The number of carbonyl (C=O) groups is 3. The Balaban J connectivity index is 2.65. The maximum Gasteiger partial charge on any atom is 0.354 e. The lowest BCUT2D eigenvalue weighted by atomic mass is 10.2. The molecule has 2 amide bonds. The number of nitrogens with one attached hydrogen (secondary N) is 2. The van der Waals surface area contributed by atoms with E-state index in [1.165, 1.54) is 7.05 Å². The Bertz CT molecular complexity index is 509. The molecule has 0 fully saturated rings. The molecule has 0 spiro atoms. The van der Waals surface area contributed by atoms with Crippen molar-refractivity contribution in [2.24, 2.45) is 5.92 Å². The van der Waals surface area contributed by atoms with Crippen molar-refractivity contribution >= 4 is 17.8 Å². The number of amides is 2. The summed E-state index contributed by atoms with van der Waals surface area (Å²) >= 11 is 0. The lowest BCUT2D eigenvalue weighted by Gasteiger charge is -2.16. The molecule has 0 saturated heterocycles. The van der Waals surface area contributed by atoms with E-state index in [-0.39, 0.29) is 23.8 Å². The topological polar surface area (TPSA) is 115 Å². The van der Waals surface area contributed by atoms with Crippen molar-refractivity contribution in [3.05, 3.63) is 17.7 Å². The minimum atomic E-state index is -1.27. The predicted molar refractivity (Wildman–Crippen MR) is 70.4 cm³/mol. The number of rotatable bonds is 6. The second kappa shape index (κ2) is 6.69. The molecule has 0 saturated carbocycles. The minimum Gasteiger partial charge on any atom is -0.477 e. The number of H-pyrrole nitrogens is 1. The Kier molecular flexibility index (Phi) is 5.24. The van der Waals surface area contributed by atoms with E-state index in [1.54, 1.807) is 0 Å². The molecule has 0 radical (unpaired) electrons. The van der Waals surface area contributed by atoms with Crippen molar-refractivity contribution in [3.8, 4) is 0 Å². The summed E-state index contributed by atoms with van der Waals surface area (Å²) in [6, 6.07) is 0. The van der Waals surface area contributed by atoms with Crippen LogP contribution >= 0.6 is 0 Å². The van der Waals surface area contributed by atoms with Gasteiger partial charge in [-0.2, -0.15) is 0 Å². The first-order chi connectivity index (χ1) is 9.32. The van der Waals surface area contributed by atoms with E-state index in [9.17, 15) is 14.4 Å². The quantitative estimate of drug-likeness (QED) is 0.676. The Morgan fingerprint density at radius 1 is 1.45 bits per heavy atom. The van der Waals surface area contributed by atoms with Crippen LogP contribution in [0.25, 0.3) is 0 Å². The Morgan fingerprint density at radius 3 is 2.65 bits per heavy atom. The van der Waals surface area contributed by atoms with E-state index in [4.69, 9.17) is 5.11 Å². The van der Waals surface area contributed by atoms with Gasteiger partial charge in [0.05, 0.1) is 12.9 Å². The second-order valence-corrected chi connectivity index (χ2v) is 4.79. The largest absolute Gasteiger partial charge is 0.477 e. The average molecular weight is 282 g/mol. The number of nitrogens with zero attached hydrogens (tertiary/aromatic N) is 2. The summed E-state index contributed by atoms with van der Waals surface area (Å²) in [6.07, 6.45) is 1.13. The lowest BCUT2D eigenvalue weighted by molar-refractivity contribution is -0.121. The summed E-state index contributed by atoms with van der Waals surface area (Å²) in [6.45, 7) is 4.27. The van der Waals surface area contributed by atoms with Crippen LogP contribution in [0.5, 0.6) is 0 Å². The first-order valence-corrected chi connectivity index (χ1v) is 6.11. The smallest absolute Gasteiger partial charge is 0.354 e. The number of imidazole rings is 1. The van der Waals surface area contributed by atoms with Gasteiger partial charge in [0, 0.05) is 13.6 Å². The van der Waals surface area contributed by atoms with Crippen LogP contribution in [0, 0.1) is 5.92 Å². The van der Waals surface area contributed by atoms with E-state index in [0.29, 0.717) is 12.5 Å². The molecule has 0 aliphatic rings. The Morgan fingerprint density at radius 2 is 2.10 bits per heavy atom. The van der Waals surface area contributed by atoms with Crippen LogP contribution in [0.15, 0.2) is 6.33 Å². The van der Waals surface area contributed by atoms with E-state index in [1.807, 2.05) is 13.8 Å². The van der Waals surface area contributed by atoms with E-state index in [0.717, 1.165) is 11.2 Å². The molecule has 0 aliphatic carbocycles. The third-order valence-electron chi connectivity index (χ3n) is 2.49. The van der Waals surface area contributed by atoms with Crippen LogP contribution in [0.2, 0.25) is 0 Å². The fraction of sp³-hybridized carbons (Fsp3) is 0.500. The van der Waals surface area contributed by atoms with Crippen LogP contribution < -0.4 is 5.32 Å². The fourth-order valence-electron chi connectivity index (χ4n) is 1.46. The van der Waals surface area contributed by atoms with Gasteiger partial charge in [-0.1, -0.05) is 13.8 Å². The van der Waals surface area contributed by atoms with Gasteiger partial charge < -0.3 is 20.3 Å². The molecule has 8 heteroatoms. The summed E-state index contributed by atoms with van der Waals surface area (Å²) in [5.74, 6) is -1.89. The van der Waals surface area contributed by atoms with Crippen molar-refractivity contribution in [1.29, 1.82) is 0 Å².